The van der Waals surface area contributed by atoms with Crippen molar-refractivity contribution in [2.45, 2.75) is 24.7 Å². The van der Waals surface area contributed by atoms with Crippen LogP contribution in [0.2, 0.25) is 5.02 Å². The molecule has 2 aromatic carbocycles. The second kappa shape index (κ2) is 7.26. The summed E-state index contributed by atoms with van der Waals surface area (Å²) in [6, 6.07) is 16.6. The molecule has 0 atom stereocenters. The van der Waals surface area contributed by atoms with E-state index in [9.17, 15) is 0 Å². The Kier molecular flexibility index (Phi) is 4.84. The summed E-state index contributed by atoms with van der Waals surface area (Å²) in [6.07, 6.45) is 7.73. The van der Waals surface area contributed by atoms with E-state index in [-0.39, 0.29) is 5.41 Å². The van der Waals surface area contributed by atoms with Crippen LogP contribution in [0.5, 0.6) is 0 Å². The Balaban J connectivity index is 1.39. The molecule has 2 aliphatic rings. The van der Waals surface area contributed by atoms with E-state index >= 15 is 0 Å². The van der Waals surface area contributed by atoms with Crippen LogP contribution < -0.4 is 5.84 Å². The molecule has 0 bridgehead atoms. The molecule has 2 N–H and O–H groups in total. The molecule has 4 heteroatoms. The molecule has 0 amide bonds. The van der Waals surface area contributed by atoms with E-state index in [0.717, 1.165) is 49.6 Å². The predicted octanol–water partition coefficient (Wildman–Crippen LogP) is 4.45. The molecule has 1 saturated heterocycles. The van der Waals surface area contributed by atoms with Gasteiger partial charge in [0.1, 0.15) is 0 Å². The van der Waals surface area contributed by atoms with Gasteiger partial charge in [-0.05, 0) is 49.2 Å². The highest BCUT2D eigenvalue weighted by atomic mass is 35.5. The Labute approximate surface area is 160 Å². The molecule has 1 spiro atoms. The molecule has 1 fully saturated rings. The van der Waals surface area contributed by atoms with Gasteiger partial charge in [-0.3, -0.25) is 4.90 Å². The van der Waals surface area contributed by atoms with Crippen LogP contribution in [-0.4, -0.2) is 30.2 Å². The van der Waals surface area contributed by atoms with E-state index < -0.39 is 0 Å². The second-order valence-electron chi connectivity index (χ2n) is 7.33. The molecular weight excluding hydrogens is 342 g/mol. The number of nitrogens with two attached hydrogens (primary N) is 1. The van der Waals surface area contributed by atoms with Gasteiger partial charge in [-0.15, -0.1) is 0 Å². The monoisotopic (exact) mass is 365 g/mol. The zero-order valence-electron chi connectivity index (χ0n) is 14.9. The smallest absolute Gasteiger partial charge is 0.0684 e. The first-order valence-corrected chi connectivity index (χ1v) is 9.59. The van der Waals surface area contributed by atoms with Gasteiger partial charge >= 0.3 is 0 Å². The molecule has 134 valence electrons. The number of fused-ring (bicyclic) bond motifs is 2. The minimum Gasteiger partial charge on any atom is -0.323 e. The minimum absolute atomic E-state index is 0.227. The molecule has 26 heavy (non-hydrogen) atoms. The normalized spacial score (nSPS) is 20.9. The summed E-state index contributed by atoms with van der Waals surface area (Å²) in [5.74, 6) is 5.66. The standard InChI is InChI=1S/C22H24ClN3/c23-18-9-7-17(8-10-18)4-3-13-26-14-11-22(12-15-26)16-21(25-24)19-5-1-2-6-20(19)22/h1-10H,11-16,24H2. The quantitative estimate of drug-likeness (QED) is 0.644. The van der Waals surface area contributed by atoms with Gasteiger partial charge in [-0.25, -0.2) is 0 Å². The number of hydrogen-bond acceptors (Lipinski definition) is 3. The number of piperidine rings is 1. The molecule has 0 aromatic heterocycles. The molecule has 0 radical (unpaired) electrons. The van der Waals surface area contributed by atoms with E-state index in [1.54, 1.807) is 0 Å². The maximum Gasteiger partial charge on any atom is 0.0684 e. The van der Waals surface area contributed by atoms with Crippen LogP contribution in [0.15, 0.2) is 59.7 Å². The molecule has 1 aliphatic carbocycles. The third-order valence-corrected chi connectivity index (χ3v) is 6.08. The maximum absolute atomic E-state index is 5.93. The summed E-state index contributed by atoms with van der Waals surface area (Å²) in [6.45, 7) is 3.20. The van der Waals surface area contributed by atoms with Gasteiger partial charge in [-0.1, -0.05) is 60.2 Å². The van der Waals surface area contributed by atoms with E-state index in [0.29, 0.717) is 0 Å². The van der Waals surface area contributed by atoms with Gasteiger partial charge in [0.05, 0.1) is 5.71 Å². The van der Waals surface area contributed by atoms with E-state index in [2.05, 4.69) is 46.4 Å². The van der Waals surface area contributed by atoms with Crippen molar-refractivity contribution in [2.24, 2.45) is 10.9 Å². The van der Waals surface area contributed by atoms with E-state index in [1.807, 2.05) is 24.3 Å². The van der Waals surface area contributed by atoms with E-state index in [4.69, 9.17) is 17.4 Å². The molecule has 3 nitrogen and oxygen atoms in total. The molecule has 0 saturated carbocycles. The van der Waals surface area contributed by atoms with Gasteiger partial charge < -0.3 is 5.84 Å². The number of nitrogens with zero attached hydrogens (tertiary/aromatic N) is 2. The summed E-state index contributed by atoms with van der Waals surface area (Å²) in [4.78, 5) is 2.53. The highest BCUT2D eigenvalue weighted by Crippen LogP contribution is 2.46. The van der Waals surface area contributed by atoms with Crippen LogP contribution in [0.3, 0.4) is 0 Å². The third kappa shape index (κ3) is 3.29. The molecular formula is C22H24ClN3. The van der Waals surface area contributed by atoms with Crippen molar-refractivity contribution >= 4 is 23.4 Å². The lowest BCUT2D eigenvalue weighted by atomic mass is 9.74. The van der Waals surface area contributed by atoms with Crippen LogP contribution in [0.25, 0.3) is 6.08 Å². The summed E-state index contributed by atoms with van der Waals surface area (Å²) >= 11 is 5.93. The Morgan fingerprint density at radius 3 is 2.54 bits per heavy atom. The number of hydrazone groups is 1. The molecule has 1 aliphatic heterocycles. The van der Waals surface area contributed by atoms with Gasteiger partial charge in [0.2, 0.25) is 0 Å². The first-order chi connectivity index (χ1) is 12.7. The molecule has 4 rings (SSSR count). The maximum atomic E-state index is 5.93. The van der Waals surface area contributed by atoms with Gasteiger partial charge in [0.15, 0.2) is 0 Å². The Hall–Kier alpha value is -2.10. The summed E-state index contributed by atoms with van der Waals surface area (Å²) in [5, 5.41) is 4.85. The van der Waals surface area contributed by atoms with Crippen LogP contribution in [0, 0.1) is 0 Å². The lowest BCUT2D eigenvalue weighted by molar-refractivity contribution is 0.179. The number of likely N-dealkylation sites (tertiary alicyclic amines) is 1. The van der Waals surface area contributed by atoms with Crippen molar-refractivity contribution in [3.63, 3.8) is 0 Å². The molecule has 0 unspecified atom stereocenters. The number of halogens is 1. The van der Waals surface area contributed by atoms with Crippen LogP contribution >= 0.6 is 11.6 Å². The first kappa shape index (κ1) is 17.3. The minimum atomic E-state index is 0.227. The first-order valence-electron chi connectivity index (χ1n) is 9.21. The zero-order valence-corrected chi connectivity index (χ0v) is 15.6. The fourth-order valence-electron chi connectivity index (χ4n) is 4.34. The Morgan fingerprint density at radius 2 is 1.81 bits per heavy atom. The van der Waals surface area contributed by atoms with Crippen molar-refractivity contribution in [2.75, 3.05) is 19.6 Å². The van der Waals surface area contributed by atoms with E-state index in [1.165, 1.54) is 16.7 Å². The van der Waals surface area contributed by atoms with Crippen molar-refractivity contribution in [1.29, 1.82) is 0 Å². The summed E-state index contributed by atoms with van der Waals surface area (Å²) in [5.41, 5.74) is 5.19. The number of rotatable bonds is 3. The average Bonchev–Trinajstić information content (AvgIpc) is 2.99. The van der Waals surface area contributed by atoms with Crippen molar-refractivity contribution in [1.82, 2.24) is 4.90 Å². The Bertz CT molecular complexity index is 831. The van der Waals surface area contributed by atoms with Crippen LogP contribution in [0.1, 0.15) is 36.0 Å². The van der Waals surface area contributed by atoms with Gasteiger partial charge in [0.25, 0.3) is 0 Å². The molecule has 2 aromatic rings. The van der Waals surface area contributed by atoms with Gasteiger partial charge in [0, 0.05) is 29.0 Å². The largest absolute Gasteiger partial charge is 0.323 e. The highest BCUT2D eigenvalue weighted by Gasteiger charge is 2.43. The number of hydrogen-bond donors (Lipinski definition) is 1. The summed E-state index contributed by atoms with van der Waals surface area (Å²) in [7, 11) is 0. The van der Waals surface area contributed by atoms with Gasteiger partial charge in [-0.2, -0.15) is 5.10 Å². The van der Waals surface area contributed by atoms with Crippen molar-refractivity contribution in [3.8, 4) is 0 Å². The van der Waals surface area contributed by atoms with Crippen LogP contribution in [0.4, 0.5) is 0 Å². The van der Waals surface area contributed by atoms with Crippen molar-refractivity contribution < 1.29 is 0 Å². The predicted molar refractivity (Wildman–Crippen MR) is 110 cm³/mol. The summed E-state index contributed by atoms with van der Waals surface area (Å²) < 4.78 is 0. The lowest BCUT2D eigenvalue weighted by Gasteiger charge is -2.39. The Morgan fingerprint density at radius 1 is 1.08 bits per heavy atom. The molecule has 1 heterocycles. The second-order valence-corrected chi connectivity index (χ2v) is 7.77. The topological polar surface area (TPSA) is 41.6 Å². The highest BCUT2D eigenvalue weighted by molar-refractivity contribution is 6.30. The van der Waals surface area contributed by atoms with Crippen molar-refractivity contribution in [3.05, 3.63) is 76.3 Å². The lowest BCUT2D eigenvalue weighted by Crippen LogP contribution is -2.41. The third-order valence-electron chi connectivity index (χ3n) is 5.83. The average molecular weight is 366 g/mol. The number of benzene rings is 2. The fraction of sp³-hybridized carbons (Fsp3) is 0.318. The fourth-order valence-corrected chi connectivity index (χ4v) is 4.47. The SMILES string of the molecule is NN=C1CC2(CCN(CC=Cc3ccc(Cl)cc3)CC2)c2ccccc21. The zero-order chi connectivity index (χ0) is 18.0. The van der Waals surface area contributed by atoms with Crippen LogP contribution in [-0.2, 0) is 5.41 Å².